The van der Waals surface area contributed by atoms with E-state index in [-0.39, 0.29) is 6.10 Å². The molecule has 2 rings (SSSR count). The monoisotopic (exact) mass is 287 g/mol. The van der Waals surface area contributed by atoms with Gasteiger partial charge in [-0.2, -0.15) is 5.10 Å². The summed E-state index contributed by atoms with van der Waals surface area (Å²) in [7, 11) is 0. The first-order valence-corrected chi connectivity index (χ1v) is 7.72. The van der Waals surface area contributed by atoms with Crippen LogP contribution in [0.5, 0.6) is 0 Å². The average Bonchev–Trinajstić information content (AvgIpc) is 2.98. The second-order valence-corrected chi connectivity index (χ2v) is 5.41. The van der Waals surface area contributed by atoms with Crippen LogP contribution < -0.4 is 5.32 Å². The smallest absolute Gasteiger partial charge is 0.0695 e. The molecule has 4 heteroatoms. The predicted molar refractivity (Wildman–Crippen MR) is 85.8 cm³/mol. The Morgan fingerprint density at radius 2 is 1.90 bits per heavy atom. The first-order valence-electron chi connectivity index (χ1n) is 7.72. The summed E-state index contributed by atoms with van der Waals surface area (Å²) in [5, 5.41) is 20.7. The molecule has 3 N–H and O–H groups in total. The highest BCUT2D eigenvalue weighted by Crippen LogP contribution is 2.20. The quantitative estimate of drug-likeness (QED) is 0.699. The molecular weight excluding hydrogens is 262 g/mol. The molecule has 114 valence electrons. The lowest BCUT2D eigenvalue weighted by molar-refractivity contribution is 0.101. The van der Waals surface area contributed by atoms with Crippen LogP contribution in [0.25, 0.3) is 11.3 Å². The van der Waals surface area contributed by atoms with Crippen molar-refractivity contribution in [1.82, 2.24) is 15.5 Å². The molecule has 0 fully saturated rings. The number of benzene rings is 1. The van der Waals surface area contributed by atoms with E-state index in [9.17, 15) is 5.11 Å². The van der Waals surface area contributed by atoms with Crippen LogP contribution in [0.2, 0.25) is 0 Å². The molecule has 0 aliphatic heterocycles. The van der Waals surface area contributed by atoms with Gasteiger partial charge in [-0.3, -0.25) is 5.10 Å². The Hall–Kier alpha value is -1.65. The van der Waals surface area contributed by atoms with Crippen LogP contribution in [0.15, 0.2) is 36.5 Å². The summed E-state index contributed by atoms with van der Waals surface area (Å²) in [6.07, 6.45) is 3.59. The number of hydrogen-bond acceptors (Lipinski definition) is 3. The molecule has 1 aromatic heterocycles. The predicted octanol–water partition coefficient (Wildman–Crippen LogP) is 2.96. The molecular formula is C17H25N3O. The molecule has 0 aliphatic carbocycles. The Morgan fingerprint density at radius 1 is 1.19 bits per heavy atom. The molecule has 2 aromatic rings. The Bertz CT molecular complexity index is 520. The van der Waals surface area contributed by atoms with Gasteiger partial charge in [-0.15, -0.1) is 0 Å². The fraction of sp³-hybridized carbons (Fsp3) is 0.471. The molecule has 0 bridgehead atoms. The van der Waals surface area contributed by atoms with Crippen molar-refractivity contribution in [1.29, 1.82) is 0 Å². The Balaban J connectivity index is 1.92. The Morgan fingerprint density at radius 3 is 2.57 bits per heavy atom. The van der Waals surface area contributed by atoms with Crippen LogP contribution >= 0.6 is 0 Å². The zero-order valence-electron chi connectivity index (χ0n) is 12.8. The first-order chi connectivity index (χ1) is 10.3. The average molecular weight is 287 g/mol. The van der Waals surface area contributed by atoms with E-state index in [0.29, 0.717) is 19.0 Å². The minimum atomic E-state index is -0.285. The van der Waals surface area contributed by atoms with Crippen LogP contribution in [-0.4, -0.2) is 28.0 Å². The van der Waals surface area contributed by atoms with Gasteiger partial charge in [0.2, 0.25) is 0 Å². The van der Waals surface area contributed by atoms with E-state index >= 15 is 0 Å². The number of nitrogens with one attached hydrogen (secondary N) is 2. The number of hydrogen-bond donors (Lipinski definition) is 3. The number of aliphatic hydroxyl groups excluding tert-OH is 1. The second-order valence-electron chi connectivity index (χ2n) is 5.41. The molecule has 1 unspecified atom stereocenters. The third-order valence-electron chi connectivity index (χ3n) is 4.04. The van der Waals surface area contributed by atoms with Gasteiger partial charge in [-0.1, -0.05) is 57.0 Å². The SMILES string of the molecule is CCC(CC)C(O)CNCc1cn[nH]c1-c1ccccc1. The van der Waals surface area contributed by atoms with Crippen molar-refractivity contribution in [3.05, 3.63) is 42.1 Å². The maximum Gasteiger partial charge on any atom is 0.0695 e. The zero-order valence-corrected chi connectivity index (χ0v) is 12.8. The Labute approximate surface area is 126 Å². The van der Waals surface area contributed by atoms with Crippen LogP contribution in [0.1, 0.15) is 32.3 Å². The van der Waals surface area contributed by atoms with Gasteiger partial charge in [0.15, 0.2) is 0 Å². The highest BCUT2D eigenvalue weighted by Gasteiger charge is 2.15. The van der Waals surface area contributed by atoms with Crippen LogP contribution in [0, 0.1) is 5.92 Å². The summed E-state index contributed by atoms with van der Waals surface area (Å²) in [6, 6.07) is 10.2. The van der Waals surface area contributed by atoms with E-state index in [1.165, 1.54) is 0 Å². The molecule has 0 spiro atoms. The van der Waals surface area contributed by atoms with Crippen molar-refractivity contribution in [3.8, 4) is 11.3 Å². The van der Waals surface area contributed by atoms with Crippen molar-refractivity contribution >= 4 is 0 Å². The number of nitrogens with zero attached hydrogens (tertiary/aromatic N) is 1. The lowest BCUT2D eigenvalue weighted by Crippen LogP contribution is -2.32. The van der Waals surface area contributed by atoms with E-state index in [4.69, 9.17) is 0 Å². The van der Waals surface area contributed by atoms with Crippen molar-refractivity contribution in [2.45, 2.75) is 39.3 Å². The fourth-order valence-electron chi connectivity index (χ4n) is 2.65. The van der Waals surface area contributed by atoms with E-state index in [0.717, 1.165) is 29.7 Å². The number of H-pyrrole nitrogens is 1. The highest BCUT2D eigenvalue weighted by molar-refractivity contribution is 5.62. The largest absolute Gasteiger partial charge is 0.392 e. The van der Waals surface area contributed by atoms with Gasteiger partial charge in [-0.25, -0.2) is 0 Å². The van der Waals surface area contributed by atoms with E-state index in [2.05, 4.69) is 41.5 Å². The molecule has 4 nitrogen and oxygen atoms in total. The zero-order chi connectivity index (χ0) is 15.1. The number of rotatable bonds is 8. The van der Waals surface area contributed by atoms with Crippen LogP contribution in [-0.2, 0) is 6.54 Å². The summed E-state index contributed by atoms with van der Waals surface area (Å²) >= 11 is 0. The van der Waals surface area contributed by atoms with E-state index < -0.39 is 0 Å². The summed E-state index contributed by atoms with van der Waals surface area (Å²) in [5.41, 5.74) is 3.30. The maximum atomic E-state index is 10.1. The fourth-order valence-corrected chi connectivity index (χ4v) is 2.65. The van der Waals surface area contributed by atoms with Crippen molar-refractivity contribution in [2.75, 3.05) is 6.54 Å². The summed E-state index contributed by atoms with van der Waals surface area (Å²) in [6.45, 7) is 5.58. The lowest BCUT2D eigenvalue weighted by Gasteiger charge is -2.20. The van der Waals surface area contributed by atoms with Gasteiger partial charge in [0.1, 0.15) is 0 Å². The second kappa shape index (κ2) is 7.96. The van der Waals surface area contributed by atoms with Crippen molar-refractivity contribution in [2.24, 2.45) is 5.92 Å². The topological polar surface area (TPSA) is 60.9 Å². The number of aliphatic hydroxyl groups is 1. The van der Waals surface area contributed by atoms with Crippen LogP contribution in [0.4, 0.5) is 0 Å². The van der Waals surface area contributed by atoms with Gasteiger partial charge >= 0.3 is 0 Å². The minimum absolute atomic E-state index is 0.285. The van der Waals surface area contributed by atoms with Crippen molar-refractivity contribution < 1.29 is 5.11 Å². The summed E-state index contributed by atoms with van der Waals surface area (Å²) < 4.78 is 0. The molecule has 0 saturated heterocycles. The van der Waals surface area contributed by atoms with E-state index in [1.807, 2.05) is 24.4 Å². The maximum absolute atomic E-state index is 10.1. The lowest BCUT2D eigenvalue weighted by atomic mass is 9.96. The van der Waals surface area contributed by atoms with E-state index in [1.54, 1.807) is 0 Å². The molecule has 0 amide bonds. The molecule has 1 heterocycles. The van der Waals surface area contributed by atoms with Gasteiger partial charge in [-0.05, 0) is 11.5 Å². The molecule has 0 aliphatic rings. The summed E-state index contributed by atoms with van der Waals surface area (Å²) in [5.74, 6) is 0.371. The molecule has 0 radical (unpaired) electrons. The normalized spacial score (nSPS) is 12.8. The molecule has 21 heavy (non-hydrogen) atoms. The molecule has 1 atom stereocenters. The van der Waals surface area contributed by atoms with Gasteiger partial charge in [0, 0.05) is 18.7 Å². The number of aromatic amines is 1. The highest BCUT2D eigenvalue weighted by atomic mass is 16.3. The number of aromatic nitrogens is 2. The first kappa shape index (κ1) is 15.7. The standard InChI is InChI=1S/C17H25N3O/c1-3-13(4-2)16(21)12-18-10-15-11-19-20-17(15)14-8-6-5-7-9-14/h5-9,11,13,16,18,21H,3-4,10,12H2,1-2H3,(H,19,20). The van der Waals surface area contributed by atoms with Gasteiger partial charge in [0.05, 0.1) is 18.0 Å². The summed E-state index contributed by atoms with van der Waals surface area (Å²) in [4.78, 5) is 0. The molecule has 0 saturated carbocycles. The van der Waals surface area contributed by atoms with Crippen molar-refractivity contribution in [3.63, 3.8) is 0 Å². The molecule has 1 aromatic carbocycles. The van der Waals surface area contributed by atoms with Gasteiger partial charge < -0.3 is 10.4 Å². The Kier molecular flexibility index (Phi) is 5.96. The van der Waals surface area contributed by atoms with Gasteiger partial charge in [0.25, 0.3) is 0 Å². The third-order valence-corrected chi connectivity index (χ3v) is 4.04. The third kappa shape index (κ3) is 4.16. The minimum Gasteiger partial charge on any atom is -0.392 e. The van der Waals surface area contributed by atoms with Crippen LogP contribution in [0.3, 0.4) is 0 Å².